The van der Waals surface area contributed by atoms with E-state index in [1.54, 1.807) is 36.4 Å². The van der Waals surface area contributed by atoms with Crippen LogP contribution in [0.25, 0.3) is 0 Å². The van der Waals surface area contributed by atoms with Crippen LogP contribution in [-0.4, -0.2) is 37.4 Å². The smallest absolute Gasteiger partial charge is 0.338 e. The Kier molecular flexibility index (Phi) is 6.44. The van der Waals surface area contributed by atoms with Gasteiger partial charge in [0.25, 0.3) is 5.91 Å². The van der Waals surface area contributed by atoms with E-state index in [2.05, 4.69) is 12.2 Å². The molecule has 8 heteroatoms. The standard InChI is InChI=1S/C25H26N2O6/c1-15-6-11-20-21(12-15)24(30)27(23(20)29)18-9-7-16(8-10-18)25(31)33-14-22(28)26-17-4-3-5-19(13-17)32-2/h3-5,7-10,13,15,20-21H,6,11-12,14H2,1-2H3,(H,26,28)/t15-,20-,21-/m1/s1. The van der Waals surface area contributed by atoms with Gasteiger partial charge in [0.05, 0.1) is 30.2 Å². The van der Waals surface area contributed by atoms with Crippen LogP contribution < -0.4 is 15.0 Å². The Morgan fingerprint density at radius 1 is 1.03 bits per heavy atom. The van der Waals surface area contributed by atoms with Gasteiger partial charge in [0.15, 0.2) is 6.61 Å². The van der Waals surface area contributed by atoms with E-state index >= 15 is 0 Å². The van der Waals surface area contributed by atoms with Gasteiger partial charge >= 0.3 is 5.97 Å². The van der Waals surface area contributed by atoms with E-state index in [0.717, 1.165) is 19.3 Å². The maximum Gasteiger partial charge on any atom is 0.338 e. The van der Waals surface area contributed by atoms with Gasteiger partial charge in [-0.2, -0.15) is 0 Å². The topological polar surface area (TPSA) is 102 Å². The number of amides is 3. The summed E-state index contributed by atoms with van der Waals surface area (Å²) in [7, 11) is 1.52. The Labute approximate surface area is 191 Å². The average molecular weight is 450 g/mol. The van der Waals surface area contributed by atoms with Gasteiger partial charge in [-0.1, -0.05) is 13.0 Å². The summed E-state index contributed by atoms with van der Waals surface area (Å²) in [4.78, 5) is 51.3. The number of methoxy groups -OCH3 is 1. The van der Waals surface area contributed by atoms with Crippen molar-refractivity contribution in [2.24, 2.45) is 17.8 Å². The number of esters is 1. The summed E-state index contributed by atoms with van der Waals surface area (Å²) in [6, 6.07) is 12.9. The maximum absolute atomic E-state index is 12.8. The quantitative estimate of drug-likeness (QED) is 0.535. The van der Waals surface area contributed by atoms with Gasteiger partial charge in [-0.25, -0.2) is 4.79 Å². The first kappa shape index (κ1) is 22.5. The number of nitrogens with zero attached hydrogens (tertiary/aromatic N) is 1. The van der Waals surface area contributed by atoms with Gasteiger partial charge in [0.2, 0.25) is 11.8 Å². The second-order valence-corrected chi connectivity index (χ2v) is 8.55. The number of nitrogens with one attached hydrogen (secondary N) is 1. The minimum Gasteiger partial charge on any atom is -0.497 e. The van der Waals surface area contributed by atoms with Crippen LogP contribution in [0, 0.1) is 17.8 Å². The molecule has 0 spiro atoms. The van der Waals surface area contributed by atoms with Crippen LogP contribution in [0.4, 0.5) is 11.4 Å². The van der Waals surface area contributed by atoms with E-state index in [1.165, 1.54) is 24.1 Å². The van der Waals surface area contributed by atoms with Crippen molar-refractivity contribution >= 4 is 35.1 Å². The fourth-order valence-corrected chi connectivity index (χ4v) is 4.50. The van der Waals surface area contributed by atoms with Crippen molar-refractivity contribution in [3.63, 3.8) is 0 Å². The van der Waals surface area contributed by atoms with Crippen LogP contribution in [0.2, 0.25) is 0 Å². The van der Waals surface area contributed by atoms with Crippen molar-refractivity contribution in [2.45, 2.75) is 26.2 Å². The highest BCUT2D eigenvalue weighted by Gasteiger charge is 2.49. The predicted octanol–water partition coefficient (Wildman–Crippen LogP) is 3.42. The Morgan fingerprint density at radius 2 is 1.76 bits per heavy atom. The van der Waals surface area contributed by atoms with Gasteiger partial charge in [-0.05, 0) is 61.6 Å². The summed E-state index contributed by atoms with van der Waals surface area (Å²) in [6.07, 6.45) is 2.41. The van der Waals surface area contributed by atoms with Crippen LogP contribution in [0.15, 0.2) is 48.5 Å². The number of imide groups is 1. The van der Waals surface area contributed by atoms with Crippen LogP contribution >= 0.6 is 0 Å². The number of fused-ring (bicyclic) bond motifs is 1. The molecule has 3 amide bonds. The van der Waals surface area contributed by atoms with Crippen molar-refractivity contribution in [2.75, 3.05) is 23.9 Å². The lowest BCUT2D eigenvalue weighted by atomic mass is 9.76. The van der Waals surface area contributed by atoms with Gasteiger partial charge in [0.1, 0.15) is 5.75 Å². The SMILES string of the molecule is COc1cccc(NC(=O)COC(=O)c2ccc(N3C(=O)[C@@H]4CC[C@@H](C)C[C@H]4C3=O)cc2)c1. The Bertz CT molecular complexity index is 1080. The van der Waals surface area contributed by atoms with Crippen molar-refractivity contribution in [1.29, 1.82) is 0 Å². The third kappa shape index (κ3) is 4.74. The molecule has 1 heterocycles. The van der Waals surface area contributed by atoms with Crippen LogP contribution in [0.1, 0.15) is 36.5 Å². The number of hydrogen-bond donors (Lipinski definition) is 1. The van der Waals surface area contributed by atoms with Gasteiger partial charge in [-0.3, -0.25) is 19.3 Å². The van der Waals surface area contributed by atoms with Crippen molar-refractivity contribution in [3.05, 3.63) is 54.1 Å². The molecule has 172 valence electrons. The second kappa shape index (κ2) is 9.44. The number of benzene rings is 2. The number of rotatable bonds is 6. The van der Waals surface area contributed by atoms with E-state index in [1.807, 2.05) is 0 Å². The summed E-state index contributed by atoms with van der Waals surface area (Å²) in [5.74, 6) is -0.977. The molecule has 1 N–H and O–H groups in total. The van der Waals surface area contributed by atoms with E-state index in [-0.39, 0.29) is 29.2 Å². The number of anilines is 2. The molecule has 2 fully saturated rings. The lowest BCUT2D eigenvalue weighted by Gasteiger charge is -2.25. The third-order valence-electron chi connectivity index (χ3n) is 6.24. The van der Waals surface area contributed by atoms with E-state index in [0.29, 0.717) is 23.0 Å². The van der Waals surface area contributed by atoms with Crippen LogP contribution in [-0.2, 0) is 19.1 Å². The fourth-order valence-electron chi connectivity index (χ4n) is 4.50. The van der Waals surface area contributed by atoms with Gasteiger partial charge in [0, 0.05) is 11.8 Å². The summed E-state index contributed by atoms with van der Waals surface area (Å²) in [5.41, 5.74) is 1.19. The van der Waals surface area contributed by atoms with E-state index in [9.17, 15) is 19.2 Å². The normalized spacial score (nSPS) is 22.0. The Balaban J connectivity index is 1.35. The number of ether oxygens (including phenoxy) is 2. The molecule has 2 aromatic carbocycles. The molecule has 0 aromatic heterocycles. The highest BCUT2D eigenvalue weighted by molar-refractivity contribution is 6.22. The van der Waals surface area contributed by atoms with Crippen LogP contribution in [0.3, 0.4) is 0 Å². The molecule has 0 bridgehead atoms. The summed E-state index contributed by atoms with van der Waals surface area (Å²) >= 11 is 0. The summed E-state index contributed by atoms with van der Waals surface area (Å²) < 4.78 is 10.2. The van der Waals surface area contributed by atoms with E-state index < -0.39 is 18.5 Å². The minimum absolute atomic E-state index is 0.165. The molecule has 4 rings (SSSR count). The number of hydrogen-bond acceptors (Lipinski definition) is 6. The van der Waals surface area contributed by atoms with E-state index in [4.69, 9.17) is 9.47 Å². The molecular formula is C25H26N2O6. The minimum atomic E-state index is -0.677. The lowest BCUT2D eigenvalue weighted by Crippen LogP contribution is -2.30. The van der Waals surface area contributed by atoms with Crippen molar-refractivity contribution < 1.29 is 28.7 Å². The Morgan fingerprint density at radius 3 is 2.48 bits per heavy atom. The predicted molar refractivity (Wildman–Crippen MR) is 121 cm³/mol. The maximum atomic E-state index is 12.8. The zero-order valence-electron chi connectivity index (χ0n) is 18.6. The Hall–Kier alpha value is -3.68. The molecule has 1 aliphatic carbocycles. The van der Waals surface area contributed by atoms with Gasteiger partial charge < -0.3 is 14.8 Å². The largest absolute Gasteiger partial charge is 0.497 e. The lowest BCUT2D eigenvalue weighted by molar-refractivity contribution is -0.122. The first-order chi connectivity index (χ1) is 15.9. The molecule has 8 nitrogen and oxygen atoms in total. The average Bonchev–Trinajstić information content (AvgIpc) is 3.06. The fraction of sp³-hybridized carbons (Fsp3) is 0.360. The molecule has 2 aromatic rings. The molecule has 1 saturated carbocycles. The molecule has 2 aliphatic rings. The second-order valence-electron chi connectivity index (χ2n) is 8.55. The molecule has 1 saturated heterocycles. The molecular weight excluding hydrogens is 424 g/mol. The number of carbonyl (C=O) groups is 4. The summed E-state index contributed by atoms with van der Waals surface area (Å²) in [6.45, 7) is 1.65. The number of carbonyl (C=O) groups excluding carboxylic acids is 4. The molecule has 3 atom stereocenters. The highest BCUT2D eigenvalue weighted by atomic mass is 16.5. The zero-order chi connectivity index (χ0) is 23.5. The molecule has 33 heavy (non-hydrogen) atoms. The first-order valence-corrected chi connectivity index (χ1v) is 11.0. The third-order valence-corrected chi connectivity index (χ3v) is 6.24. The summed E-state index contributed by atoms with van der Waals surface area (Å²) in [5, 5.41) is 2.63. The zero-order valence-corrected chi connectivity index (χ0v) is 18.6. The molecule has 0 radical (unpaired) electrons. The van der Waals surface area contributed by atoms with Crippen molar-refractivity contribution in [3.8, 4) is 5.75 Å². The van der Waals surface area contributed by atoms with Crippen LogP contribution in [0.5, 0.6) is 5.75 Å². The monoisotopic (exact) mass is 450 g/mol. The first-order valence-electron chi connectivity index (χ1n) is 11.0. The molecule has 1 aliphatic heterocycles. The molecule has 0 unspecified atom stereocenters. The highest BCUT2D eigenvalue weighted by Crippen LogP contribution is 2.42. The van der Waals surface area contributed by atoms with Gasteiger partial charge in [-0.15, -0.1) is 0 Å². The van der Waals surface area contributed by atoms with Crippen molar-refractivity contribution in [1.82, 2.24) is 0 Å².